The molecule has 0 aliphatic rings. The van der Waals surface area contributed by atoms with Crippen molar-refractivity contribution in [3.8, 4) is 0 Å². The van der Waals surface area contributed by atoms with Gasteiger partial charge in [0.1, 0.15) is 5.60 Å². The molecule has 6 nitrogen and oxygen atoms in total. The van der Waals surface area contributed by atoms with Crippen LogP contribution in [0.3, 0.4) is 0 Å². The molecule has 1 aromatic rings. The summed E-state index contributed by atoms with van der Waals surface area (Å²) in [6.45, 7) is 5.21. The quantitative estimate of drug-likeness (QED) is 0.698. The molecule has 0 saturated carbocycles. The first-order chi connectivity index (χ1) is 10.7. The van der Waals surface area contributed by atoms with Gasteiger partial charge in [0, 0.05) is 6.08 Å². The van der Waals surface area contributed by atoms with E-state index in [4.69, 9.17) is 9.84 Å². The van der Waals surface area contributed by atoms with Gasteiger partial charge in [0.2, 0.25) is 0 Å². The first kappa shape index (κ1) is 18.7. The molecular formula is C17H23NO5. The summed E-state index contributed by atoms with van der Waals surface area (Å²) in [7, 11) is 0. The first-order valence-corrected chi connectivity index (χ1v) is 7.30. The SMILES string of the molecule is CC(C)(C)OC(=O)N[C@@H](Cc1ccccc1)[C@@H](O)/C=C/C(=O)O. The van der Waals surface area contributed by atoms with E-state index < -0.39 is 29.8 Å². The Morgan fingerprint density at radius 3 is 2.39 bits per heavy atom. The minimum atomic E-state index is -1.17. The number of benzene rings is 1. The number of rotatable bonds is 6. The van der Waals surface area contributed by atoms with Gasteiger partial charge in [0.05, 0.1) is 12.1 Å². The molecule has 23 heavy (non-hydrogen) atoms. The van der Waals surface area contributed by atoms with Crippen LogP contribution in [0.1, 0.15) is 26.3 Å². The molecule has 6 heteroatoms. The molecule has 0 aromatic heterocycles. The maximum atomic E-state index is 11.9. The predicted molar refractivity (Wildman–Crippen MR) is 86.1 cm³/mol. The van der Waals surface area contributed by atoms with Crippen LogP contribution >= 0.6 is 0 Å². The monoisotopic (exact) mass is 321 g/mol. The second-order valence-corrected chi connectivity index (χ2v) is 6.13. The van der Waals surface area contributed by atoms with Crippen molar-refractivity contribution in [2.24, 2.45) is 0 Å². The number of carbonyl (C=O) groups excluding carboxylic acids is 1. The molecule has 1 rings (SSSR count). The number of hydrogen-bond acceptors (Lipinski definition) is 4. The van der Waals surface area contributed by atoms with Gasteiger partial charge in [-0.15, -0.1) is 0 Å². The number of ether oxygens (including phenoxy) is 1. The largest absolute Gasteiger partial charge is 0.478 e. The second-order valence-electron chi connectivity index (χ2n) is 6.13. The Bertz CT molecular complexity index is 548. The van der Waals surface area contributed by atoms with Crippen LogP contribution in [0, 0.1) is 0 Å². The van der Waals surface area contributed by atoms with Crippen LogP contribution in [0.25, 0.3) is 0 Å². The number of nitrogens with one attached hydrogen (secondary N) is 1. The molecule has 0 radical (unpaired) electrons. The van der Waals surface area contributed by atoms with Crippen LogP contribution < -0.4 is 5.32 Å². The molecule has 2 atom stereocenters. The van der Waals surface area contributed by atoms with E-state index >= 15 is 0 Å². The lowest BCUT2D eigenvalue weighted by atomic mass is 10.0. The van der Waals surface area contributed by atoms with Gasteiger partial charge in [-0.3, -0.25) is 0 Å². The van der Waals surface area contributed by atoms with Gasteiger partial charge in [-0.05, 0) is 38.8 Å². The number of carboxylic acid groups (broad SMARTS) is 1. The second kappa shape index (κ2) is 8.33. The zero-order valence-electron chi connectivity index (χ0n) is 13.5. The Balaban J connectivity index is 2.83. The molecule has 0 spiro atoms. The van der Waals surface area contributed by atoms with E-state index in [0.29, 0.717) is 6.42 Å². The number of aliphatic hydroxyl groups is 1. The first-order valence-electron chi connectivity index (χ1n) is 7.30. The molecule has 0 aliphatic carbocycles. The van der Waals surface area contributed by atoms with Crippen molar-refractivity contribution in [1.82, 2.24) is 5.32 Å². The lowest BCUT2D eigenvalue weighted by Gasteiger charge is -2.25. The highest BCUT2D eigenvalue weighted by molar-refractivity contribution is 5.79. The smallest absolute Gasteiger partial charge is 0.407 e. The third-order valence-electron chi connectivity index (χ3n) is 2.85. The average molecular weight is 321 g/mol. The fraction of sp³-hybridized carbons (Fsp3) is 0.412. The van der Waals surface area contributed by atoms with Crippen molar-refractivity contribution in [3.63, 3.8) is 0 Å². The maximum absolute atomic E-state index is 11.9. The van der Waals surface area contributed by atoms with E-state index in [0.717, 1.165) is 17.7 Å². The molecule has 0 unspecified atom stereocenters. The van der Waals surface area contributed by atoms with E-state index in [1.54, 1.807) is 20.8 Å². The van der Waals surface area contributed by atoms with Gasteiger partial charge >= 0.3 is 12.1 Å². The molecule has 0 saturated heterocycles. The number of carbonyl (C=O) groups is 2. The fourth-order valence-electron chi connectivity index (χ4n) is 1.90. The summed E-state index contributed by atoms with van der Waals surface area (Å²) in [5, 5.41) is 21.4. The summed E-state index contributed by atoms with van der Waals surface area (Å²) in [5.41, 5.74) is 0.236. The van der Waals surface area contributed by atoms with Crippen molar-refractivity contribution in [3.05, 3.63) is 48.0 Å². The minimum absolute atomic E-state index is 0.339. The van der Waals surface area contributed by atoms with E-state index in [9.17, 15) is 14.7 Å². The normalized spacial score (nSPS) is 14.3. The van der Waals surface area contributed by atoms with Gasteiger partial charge in [0.25, 0.3) is 0 Å². The number of aliphatic carboxylic acids is 1. The molecule has 1 amide bonds. The Morgan fingerprint density at radius 1 is 1.26 bits per heavy atom. The standard InChI is InChI=1S/C17H23NO5/c1-17(2,3)23-16(22)18-13(14(19)9-10-15(20)21)11-12-7-5-4-6-8-12/h4-10,13-14,19H,11H2,1-3H3,(H,18,22)(H,20,21)/b10-9+/t13-,14-/m0/s1. The van der Waals surface area contributed by atoms with Gasteiger partial charge in [0.15, 0.2) is 0 Å². The van der Waals surface area contributed by atoms with Gasteiger partial charge in [-0.1, -0.05) is 30.3 Å². The molecular weight excluding hydrogens is 298 g/mol. The summed E-state index contributed by atoms with van der Waals surface area (Å²) < 4.78 is 5.18. The predicted octanol–water partition coefficient (Wildman–Crippen LogP) is 2.12. The van der Waals surface area contributed by atoms with E-state index in [-0.39, 0.29) is 0 Å². The van der Waals surface area contributed by atoms with Crippen LogP contribution in [0.4, 0.5) is 4.79 Å². The third-order valence-corrected chi connectivity index (χ3v) is 2.85. The van der Waals surface area contributed by atoms with Crippen LogP contribution in [-0.2, 0) is 16.0 Å². The van der Waals surface area contributed by atoms with Crippen LogP contribution in [-0.4, -0.2) is 40.0 Å². The number of carboxylic acids is 1. The van der Waals surface area contributed by atoms with Crippen LogP contribution in [0.15, 0.2) is 42.5 Å². The summed E-state index contributed by atoms with van der Waals surface area (Å²) in [6, 6.07) is 8.57. The highest BCUT2D eigenvalue weighted by Crippen LogP contribution is 2.11. The highest BCUT2D eigenvalue weighted by atomic mass is 16.6. The Morgan fingerprint density at radius 2 is 1.87 bits per heavy atom. The Labute approximate surface area is 135 Å². The van der Waals surface area contributed by atoms with Crippen molar-refractivity contribution in [1.29, 1.82) is 0 Å². The molecule has 0 aliphatic heterocycles. The topological polar surface area (TPSA) is 95.9 Å². The molecule has 3 N–H and O–H groups in total. The maximum Gasteiger partial charge on any atom is 0.407 e. The number of hydrogen-bond donors (Lipinski definition) is 3. The summed E-state index contributed by atoms with van der Waals surface area (Å²) in [4.78, 5) is 22.5. The van der Waals surface area contributed by atoms with Crippen LogP contribution in [0.5, 0.6) is 0 Å². The van der Waals surface area contributed by atoms with Crippen molar-refractivity contribution in [2.45, 2.75) is 44.9 Å². The van der Waals surface area contributed by atoms with E-state index in [1.807, 2.05) is 30.3 Å². The highest BCUT2D eigenvalue weighted by Gasteiger charge is 2.23. The third kappa shape index (κ3) is 8.01. The minimum Gasteiger partial charge on any atom is -0.478 e. The molecule has 0 heterocycles. The Kier molecular flexibility index (Phi) is 6.78. The van der Waals surface area contributed by atoms with Gasteiger partial charge in [-0.2, -0.15) is 0 Å². The lowest BCUT2D eigenvalue weighted by molar-refractivity contribution is -0.131. The van der Waals surface area contributed by atoms with Gasteiger partial charge < -0.3 is 20.3 Å². The zero-order chi connectivity index (χ0) is 17.5. The lowest BCUT2D eigenvalue weighted by Crippen LogP contribution is -2.46. The molecule has 0 bridgehead atoms. The number of alkyl carbamates (subject to hydrolysis) is 1. The number of amides is 1. The fourth-order valence-corrected chi connectivity index (χ4v) is 1.90. The molecule has 0 fully saturated rings. The van der Waals surface area contributed by atoms with Crippen LogP contribution in [0.2, 0.25) is 0 Å². The van der Waals surface area contributed by atoms with E-state index in [1.165, 1.54) is 0 Å². The Hall–Kier alpha value is -2.34. The van der Waals surface area contributed by atoms with Crippen molar-refractivity contribution in [2.75, 3.05) is 0 Å². The number of aliphatic hydroxyl groups excluding tert-OH is 1. The summed E-state index contributed by atoms with van der Waals surface area (Å²) in [5.74, 6) is -1.17. The summed E-state index contributed by atoms with van der Waals surface area (Å²) >= 11 is 0. The molecule has 126 valence electrons. The van der Waals surface area contributed by atoms with Crippen molar-refractivity contribution >= 4 is 12.1 Å². The average Bonchev–Trinajstić information content (AvgIpc) is 2.43. The molecule has 1 aromatic carbocycles. The van der Waals surface area contributed by atoms with Gasteiger partial charge in [-0.25, -0.2) is 9.59 Å². The summed E-state index contributed by atoms with van der Waals surface area (Å²) in [6.07, 6.45) is 0.498. The van der Waals surface area contributed by atoms with Crippen molar-refractivity contribution < 1.29 is 24.5 Å². The van der Waals surface area contributed by atoms with E-state index in [2.05, 4.69) is 5.32 Å². The zero-order valence-corrected chi connectivity index (χ0v) is 13.5.